The summed E-state index contributed by atoms with van der Waals surface area (Å²) in [6, 6.07) is 11.7. The van der Waals surface area contributed by atoms with Crippen LogP contribution in [0.4, 0.5) is 0 Å². The molecule has 1 aliphatic heterocycles. The van der Waals surface area contributed by atoms with Crippen LogP contribution in [0.1, 0.15) is 24.8 Å². The van der Waals surface area contributed by atoms with Crippen molar-refractivity contribution in [1.82, 2.24) is 10.2 Å². The molecule has 1 aromatic rings. The maximum atomic E-state index is 3.40. The zero-order valence-electron chi connectivity index (χ0n) is 9.95. The zero-order valence-corrected chi connectivity index (χ0v) is 9.95. The first-order chi connectivity index (χ1) is 7.85. The molecular formula is C14H20N2. The molecule has 1 unspecified atom stereocenters. The molecule has 0 amide bonds. The molecule has 0 bridgehead atoms. The van der Waals surface area contributed by atoms with E-state index < -0.39 is 0 Å². The van der Waals surface area contributed by atoms with Gasteiger partial charge in [0.15, 0.2) is 0 Å². The first kappa shape index (κ1) is 10.3. The molecular weight excluding hydrogens is 196 g/mol. The average Bonchev–Trinajstić information content (AvgIpc) is 3.02. The molecule has 0 spiro atoms. The summed E-state index contributed by atoms with van der Waals surface area (Å²) >= 11 is 0. The third-order valence-corrected chi connectivity index (χ3v) is 4.24. The van der Waals surface area contributed by atoms with Crippen molar-refractivity contribution >= 4 is 0 Å². The van der Waals surface area contributed by atoms with Crippen LogP contribution >= 0.6 is 0 Å². The molecule has 0 aromatic heterocycles. The third-order valence-electron chi connectivity index (χ3n) is 4.24. The van der Waals surface area contributed by atoms with E-state index in [1.165, 1.54) is 37.9 Å². The van der Waals surface area contributed by atoms with Crippen LogP contribution in [-0.4, -0.2) is 31.1 Å². The van der Waals surface area contributed by atoms with E-state index in [2.05, 4.69) is 47.6 Å². The summed E-state index contributed by atoms with van der Waals surface area (Å²) in [7, 11) is 2.08. The number of likely N-dealkylation sites (N-methyl/N-ethyl adjacent to an activating group) is 1. The van der Waals surface area contributed by atoms with Gasteiger partial charge in [-0.15, -0.1) is 0 Å². The summed E-state index contributed by atoms with van der Waals surface area (Å²) < 4.78 is 0. The van der Waals surface area contributed by atoms with Gasteiger partial charge in [-0.25, -0.2) is 0 Å². The molecule has 3 rings (SSSR count). The average molecular weight is 216 g/mol. The minimum absolute atomic E-state index is 0.396. The molecule has 1 aromatic carbocycles. The van der Waals surface area contributed by atoms with Gasteiger partial charge in [-0.05, 0) is 31.9 Å². The Morgan fingerprint density at radius 2 is 2.00 bits per heavy atom. The zero-order chi connectivity index (χ0) is 11.0. The van der Waals surface area contributed by atoms with Crippen LogP contribution in [-0.2, 0) is 5.54 Å². The molecule has 1 heterocycles. The molecule has 2 nitrogen and oxygen atoms in total. The maximum Gasteiger partial charge on any atom is 0.0462 e. The number of nitrogens with zero attached hydrogens (tertiary/aromatic N) is 1. The quantitative estimate of drug-likeness (QED) is 0.831. The second-order valence-corrected chi connectivity index (χ2v) is 5.12. The van der Waals surface area contributed by atoms with Crippen molar-refractivity contribution in [3.8, 4) is 0 Å². The Bertz CT molecular complexity index is 356. The summed E-state index contributed by atoms with van der Waals surface area (Å²) in [5.74, 6) is 0. The monoisotopic (exact) mass is 216 g/mol. The van der Waals surface area contributed by atoms with E-state index in [-0.39, 0.29) is 0 Å². The van der Waals surface area contributed by atoms with Crippen LogP contribution < -0.4 is 5.32 Å². The Labute approximate surface area is 97.6 Å². The fraction of sp³-hybridized carbons (Fsp3) is 0.571. The third kappa shape index (κ3) is 1.57. The first-order valence-electron chi connectivity index (χ1n) is 6.33. The van der Waals surface area contributed by atoms with Crippen molar-refractivity contribution in [1.29, 1.82) is 0 Å². The Hall–Kier alpha value is -0.860. The number of nitrogens with one attached hydrogen (secondary N) is 1. The molecule has 2 heteroatoms. The SMILES string of the molecule is CNC1CCN(C2(c3ccccc3)CC2)C1. The van der Waals surface area contributed by atoms with Gasteiger partial charge in [0, 0.05) is 24.7 Å². The Kier molecular flexibility index (Phi) is 2.49. The molecule has 86 valence electrons. The molecule has 0 radical (unpaired) electrons. The van der Waals surface area contributed by atoms with E-state index >= 15 is 0 Å². The predicted octanol–water partition coefficient (Wildman–Crippen LogP) is 1.97. The second kappa shape index (κ2) is 3.86. The molecule has 2 aliphatic rings. The van der Waals surface area contributed by atoms with E-state index in [4.69, 9.17) is 0 Å². The lowest BCUT2D eigenvalue weighted by Crippen LogP contribution is -2.36. The normalized spacial score (nSPS) is 28.2. The number of benzene rings is 1. The van der Waals surface area contributed by atoms with E-state index in [1.54, 1.807) is 0 Å². The molecule has 1 N–H and O–H groups in total. The molecule has 1 saturated carbocycles. The largest absolute Gasteiger partial charge is 0.316 e. The van der Waals surface area contributed by atoms with Crippen LogP contribution in [0.2, 0.25) is 0 Å². The number of hydrogen-bond acceptors (Lipinski definition) is 2. The molecule has 1 saturated heterocycles. The highest BCUT2D eigenvalue weighted by Crippen LogP contribution is 2.51. The lowest BCUT2D eigenvalue weighted by Gasteiger charge is -2.28. The first-order valence-corrected chi connectivity index (χ1v) is 6.33. The topological polar surface area (TPSA) is 15.3 Å². The van der Waals surface area contributed by atoms with Crippen molar-refractivity contribution in [3.05, 3.63) is 35.9 Å². The van der Waals surface area contributed by atoms with Gasteiger partial charge in [-0.1, -0.05) is 30.3 Å². The molecule has 16 heavy (non-hydrogen) atoms. The van der Waals surface area contributed by atoms with Gasteiger partial charge >= 0.3 is 0 Å². The maximum absolute atomic E-state index is 3.40. The molecule has 2 fully saturated rings. The fourth-order valence-electron chi connectivity index (χ4n) is 3.04. The summed E-state index contributed by atoms with van der Waals surface area (Å²) in [5.41, 5.74) is 1.92. The smallest absolute Gasteiger partial charge is 0.0462 e. The second-order valence-electron chi connectivity index (χ2n) is 5.12. The van der Waals surface area contributed by atoms with Crippen LogP contribution in [0.15, 0.2) is 30.3 Å². The lowest BCUT2D eigenvalue weighted by atomic mass is 10.0. The Morgan fingerprint density at radius 1 is 1.25 bits per heavy atom. The van der Waals surface area contributed by atoms with E-state index in [1.807, 2.05) is 0 Å². The predicted molar refractivity (Wildman–Crippen MR) is 66.4 cm³/mol. The van der Waals surface area contributed by atoms with Crippen LogP contribution in [0.3, 0.4) is 0 Å². The number of hydrogen-bond donors (Lipinski definition) is 1. The van der Waals surface area contributed by atoms with E-state index in [0.29, 0.717) is 11.6 Å². The van der Waals surface area contributed by atoms with E-state index in [9.17, 15) is 0 Å². The van der Waals surface area contributed by atoms with Crippen molar-refractivity contribution < 1.29 is 0 Å². The highest BCUT2D eigenvalue weighted by molar-refractivity contribution is 5.30. The minimum Gasteiger partial charge on any atom is -0.316 e. The fourth-order valence-corrected chi connectivity index (χ4v) is 3.04. The van der Waals surface area contributed by atoms with Gasteiger partial charge in [0.05, 0.1) is 0 Å². The van der Waals surface area contributed by atoms with Crippen LogP contribution in [0, 0.1) is 0 Å². The summed E-state index contributed by atoms with van der Waals surface area (Å²) in [5, 5.41) is 3.40. The number of likely N-dealkylation sites (tertiary alicyclic amines) is 1. The minimum atomic E-state index is 0.396. The van der Waals surface area contributed by atoms with Crippen LogP contribution in [0.5, 0.6) is 0 Å². The highest BCUT2D eigenvalue weighted by Gasteiger charge is 2.50. The Morgan fingerprint density at radius 3 is 2.56 bits per heavy atom. The summed E-state index contributed by atoms with van der Waals surface area (Å²) in [6.45, 7) is 2.46. The van der Waals surface area contributed by atoms with Crippen LogP contribution in [0.25, 0.3) is 0 Å². The van der Waals surface area contributed by atoms with Gasteiger partial charge in [0.1, 0.15) is 0 Å². The molecule has 1 atom stereocenters. The highest BCUT2D eigenvalue weighted by atomic mass is 15.3. The van der Waals surface area contributed by atoms with Gasteiger partial charge in [-0.3, -0.25) is 4.90 Å². The van der Waals surface area contributed by atoms with Gasteiger partial charge in [0.25, 0.3) is 0 Å². The van der Waals surface area contributed by atoms with Crippen molar-refractivity contribution in [2.75, 3.05) is 20.1 Å². The van der Waals surface area contributed by atoms with Crippen molar-refractivity contribution in [2.45, 2.75) is 30.8 Å². The van der Waals surface area contributed by atoms with Crippen molar-refractivity contribution in [2.24, 2.45) is 0 Å². The van der Waals surface area contributed by atoms with Crippen molar-refractivity contribution in [3.63, 3.8) is 0 Å². The Balaban J connectivity index is 1.80. The number of rotatable bonds is 3. The molecule has 1 aliphatic carbocycles. The van der Waals surface area contributed by atoms with Gasteiger partial charge < -0.3 is 5.32 Å². The summed E-state index contributed by atoms with van der Waals surface area (Å²) in [6.07, 6.45) is 3.98. The standard InChI is InChI=1S/C14H20N2/c1-15-13-7-10-16(11-13)14(8-9-14)12-5-3-2-4-6-12/h2-6,13,15H,7-11H2,1H3. The lowest BCUT2D eigenvalue weighted by molar-refractivity contribution is 0.218. The van der Waals surface area contributed by atoms with Gasteiger partial charge in [-0.2, -0.15) is 0 Å². The van der Waals surface area contributed by atoms with E-state index in [0.717, 1.165) is 0 Å². The van der Waals surface area contributed by atoms with Gasteiger partial charge in [0.2, 0.25) is 0 Å². The summed E-state index contributed by atoms with van der Waals surface area (Å²) in [4.78, 5) is 2.68.